The van der Waals surface area contributed by atoms with E-state index in [-0.39, 0.29) is 0 Å². The second-order valence-electron chi connectivity index (χ2n) is 2.73. The molecule has 1 aromatic rings. The Morgan fingerprint density at radius 2 is 1.85 bits per heavy atom. The Hall–Kier alpha value is -1.32. The molecule has 4 heteroatoms. The molecule has 0 bridgehead atoms. The smallest absolute Gasteiger partial charge is 0.235 e. The second kappa shape index (κ2) is 3.60. The minimum atomic E-state index is -2.96. The number of rotatable bonds is 2. The molecule has 0 radical (unpaired) electrons. The molecule has 0 spiro atoms. The summed E-state index contributed by atoms with van der Waals surface area (Å²) in [4.78, 5) is 7.11. The van der Waals surface area contributed by atoms with Crippen molar-refractivity contribution in [3.8, 4) is 0 Å². The van der Waals surface area contributed by atoms with Gasteiger partial charge in [-0.25, -0.2) is 9.97 Å². The summed E-state index contributed by atoms with van der Waals surface area (Å²) in [6, 6.07) is 0. The predicted octanol–water partition coefficient (Wildman–Crippen LogP) is 2.62. The molecule has 1 heterocycles. The van der Waals surface area contributed by atoms with Crippen LogP contribution in [-0.4, -0.2) is 9.97 Å². The third-order valence-electron chi connectivity index (χ3n) is 1.42. The fourth-order valence-electron chi connectivity index (χ4n) is 0.843. The van der Waals surface area contributed by atoms with Gasteiger partial charge in [0.25, 0.3) is 0 Å². The van der Waals surface area contributed by atoms with E-state index in [4.69, 9.17) is 0 Å². The highest BCUT2D eigenvalue weighted by molar-refractivity contribution is 5.45. The molecule has 2 nitrogen and oxygen atoms in total. The summed E-state index contributed by atoms with van der Waals surface area (Å²) in [6.07, 6.45) is 6.29. The summed E-state index contributed by atoms with van der Waals surface area (Å²) in [5.74, 6) is -3.41. The highest BCUT2D eigenvalue weighted by Crippen LogP contribution is 2.22. The van der Waals surface area contributed by atoms with Crippen LogP contribution in [0.15, 0.2) is 18.5 Å². The van der Waals surface area contributed by atoms with Gasteiger partial charge in [-0.05, 0) is 6.92 Å². The Balaban J connectivity index is 2.94. The minimum Gasteiger partial charge on any atom is -0.235 e. The van der Waals surface area contributed by atoms with E-state index >= 15 is 0 Å². The Bertz CT molecular complexity index is 298. The fourth-order valence-corrected chi connectivity index (χ4v) is 0.843. The molecule has 0 amide bonds. The monoisotopic (exact) mass is 184 g/mol. The van der Waals surface area contributed by atoms with Crippen molar-refractivity contribution in [1.82, 2.24) is 9.97 Å². The van der Waals surface area contributed by atoms with Crippen LogP contribution in [0.25, 0.3) is 6.08 Å². The van der Waals surface area contributed by atoms with Crippen LogP contribution in [0.2, 0.25) is 0 Å². The lowest BCUT2D eigenvalue weighted by atomic mass is 10.3. The molecule has 1 aromatic heterocycles. The average Bonchev–Trinajstić information content (AvgIpc) is 2.04. The van der Waals surface area contributed by atoms with E-state index in [0.29, 0.717) is 0 Å². The molecular weight excluding hydrogens is 174 g/mol. The summed E-state index contributed by atoms with van der Waals surface area (Å²) >= 11 is 0. The summed E-state index contributed by atoms with van der Waals surface area (Å²) in [5, 5.41) is 0. The van der Waals surface area contributed by atoms with E-state index in [1.54, 1.807) is 12.2 Å². The molecule has 70 valence electrons. The van der Waals surface area contributed by atoms with E-state index in [9.17, 15) is 8.78 Å². The van der Waals surface area contributed by atoms with Gasteiger partial charge in [0.05, 0.1) is 0 Å². The summed E-state index contributed by atoms with van der Waals surface area (Å²) in [6.45, 7) is 2.61. The molecule has 0 aliphatic heterocycles. The van der Waals surface area contributed by atoms with E-state index in [1.807, 2.05) is 6.92 Å². The Kier molecular flexibility index (Phi) is 2.70. The molecule has 0 atom stereocenters. The minimum absolute atomic E-state index is 0.444. The van der Waals surface area contributed by atoms with Gasteiger partial charge in [0.2, 0.25) is 0 Å². The first-order chi connectivity index (χ1) is 6.04. The Morgan fingerprint density at radius 1 is 1.31 bits per heavy atom. The van der Waals surface area contributed by atoms with Crippen molar-refractivity contribution in [2.24, 2.45) is 0 Å². The Morgan fingerprint density at radius 3 is 2.23 bits per heavy atom. The van der Waals surface area contributed by atoms with Crippen LogP contribution in [0, 0.1) is 0 Å². The van der Waals surface area contributed by atoms with Crippen LogP contribution in [0.4, 0.5) is 8.78 Å². The maximum Gasteiger partial charge on any atom is 0.303 e. The van der Waals surface area contributed by atoms with Crippen molar-refractivity contribution in [3.63, 3.8) is 0 Å². The molecule has 0 aliphatic rings. The molecule has 0 saturated carbocycles. The van der Waals surface area contributed by atoms with Gasteiger partial charge in [0.15, 0.2) is 5.82 Å². The number of aromatic nitrogens is 2. The standard InChI is InChI=1S/C9H10F2N2/c1-3-4-7-5-12-8(13-6-7)9(2,10)11/h3-6H,1-2H3/b4-3+. The van der Waals surface area contributed by atoms with Gasteiger partial charge in [-0.3, -0.25) is 0 Å². The van der Waals surface area contributed by atoms with Gasteiger partial charge in [0, 0.05) is 24.9 Å². The zero-order valence-corrected chi connectivity index (χ0v) is 7.46. The predicted molar refractivity (Wildman–Crippen MR) is 46.3 cm³/mol. The molecule has 0 fully saturated rings. The largest absolute Gasteiger partial charge is 0.303 e. The van der Waals surface area contributed by atoms with Crippen molar-refractivity contribution in [2.75, 3.05) is 0 Å². The number of halogens is 2. The number of alkyl halides is 2. The molecule has 0 aliphatic carbocycles. The summed E-state index contributed by atoms with van der Waals surface area (Å²) in [5.41, 5.74) is 0.718. The molecule has 0 aromatic carbocycles. The van der Waals surface area contributed by atoms with Crippen LogP contribution < -0.4 is 0 Å². The lowest BCUT2D eigenvalue weighted by Gasteiger charge is -2.07. The van der Waals surface area contributed by atoms with E-state index in [0.717, 1.165) is 12.5 Å². The number of nitrogens with zero attached hydrogens (tertiary/aromatic N) is 2. The van der Waals surface area contributed by atoms with Crippen LogP contribution >= 0.6 is 0 Å². The number of hydrogen-bond acceptors (Lipinski definition) is 2. The molecular formula is C9H10F2N2. The SMILES string of the molecule is C/C=C/c1cnc(C(C)(F)F)nc1. The Labute approximate surface area is 75.3 Å². The molecule has 0 N–H and O–H groups in total. The van der Waals surface area contributed by atoms with Gasteiger partial charge in [0.1, 0.15) is 0 Å². The first-order valence-electron chi connectivity index (χ1n) is 3.87. The normalized spacial score (nSPS) is 12.3. The van der Waals surface area contributed by atoms with Crippen molar-refractivity contribution in [2.45, 2.75) is 19.8 Å². The molecule has 0 unspecified atom stereocenters. The molecule has 0 saturated heterocycles. The van der Waals surface area contributed by atoms with Crippen LogP contribution in [-0.2, 0) is 5.92 Å². The highest BCUT2D eigenvalue weighted by atomic mass is 19.3. The van der Waals surface area contributed by atoms with Crippen LogP contribution in [0.3, 0.4) is 0 Å². The van der Waals surface area contributed by atoms with E-state index in [2.05, 4.69) is 9.97 Å². The van der Waals surface area contributed by atoms with Crippen LogP contribution in [0.5, 0.6) is 0 Å². The molecule has 13 heavy (non-hydrogen) atoms. The highest BCUT2D eigenvalue weighted by Gasteiger charge is 2.27. The lowest BCUT2D eigenvalue weighted by molar-refractivity contribution is 0.00766. The van der Waals surface area contributed by atoms with Gasteiger partial charge in [-0.2, -0.15) is 8.78 Å². The lowest BCUT2D eigenvalue weighted by Crippen LogP contribution is -2.11. The third kappa shape index (κ3) is 2.57. The maximum atomic E-state index is 12.6. The quantitative estimate of drug-likeness (QED) is 0.706. The van der Waals surface area contributed by atoms with Gasteiger partial charge >= 0.3 is 5.92 Å². The van der Waals surface area contributed by atoms with Crippen LogP contribution in [0.1, 0.15) is 25.2 Å². The number of hydrogen-bond donors (Lipinski definition) is 0. The number of allylic oxidation sites excluding steroid dienone is 1. The van der Waals surface area contributed by atoms with Crippen molar-refractivity contribution in [1.29, 1.82) is 0 Å². The van der Waals surface area contributed by atoms with Gasteiger partial charge < -0.3 is 0 Å². The topological polar surface area (TPSA) is 25.8 Å². The summed E-state index contributed by atoms with van der Waals surface area (Å²) in [7, 11) is 0. The van der Waals surface area contributed by atoms with Gasteiger partial charge in [-0.1, -0.05) is 12.2 Å². The first kappa shape index (κ1) is 9.77. The molecule has 1 rings (SSSR count). The fraction of sp³-hybridized carbons (Fsp3) is 0.333. The van der Waals surface area contributed by atoms with E-state index < -0.39 is 11.7 Å². The zero-order valence-electron chi connectivity index (χ0n) is 7.46. The van der Waals surface area contributed by atoms with Crippen molar-refractivity contribution < 1.29 is 8.78 Å². The third-order valence-corrected chi connectivity index (χ3v) is 1.42. The maximum absolute atomic E-state index is 12.6. The van der Waals surface area contributed by atoms with Gasteiger partial charge in [-0.15, -0.1) is 0 Å². The second-order valence-corrected chi connectivity index (χ2v) is 2.73. The average molecular weight is 184 g/mol. The van der Waals surface area contributed by atoms with Crippen molar-refractivity contribution in [3.05, 3.63) is 29.9 Å². The van der Waals surface area contributed by atoms with E-state index in [1.165, 1.54) is 12.4 Å². The zero-order chi connectivity index (χ0) is 9.90. The summed E-state index contributed by atoms with van der Waals surface area (Å²) < 4.78 is 25.3. The first-order valence-corrected chi connectivity index (χ1v) is 3.87. The van der Waals surface area contributed by atoms with Crippen molar-refractivity contribution >= 4 is 6.08 Å².